The molecule has 1 aromatic heterocycles. The number of rotatable bonds is 4. The second kappa shape index (κ2) is 5.54. The van der Waals surface area contributed by atoms with Gasteiger partial charge in [-0.3, -0.25) is 4.79 Å². The number of hydrogen-bond donors (Lipinski definition) is 0. The van der Waals surface area contributed by atoms with Gasteiger partial charge in [0.15, 0.2) is 11.6 Å². The van der Waals surface area contributed by atoms with Crippen LogP contribution in [0.2, 0.25) is 0 Å². The summed E-state index contributed by atoms with van der Waals surface area (Å²) >= 11 is 0. The molecule has 1 aromatic rings. The number of hydrogen-bond acceptors (Lipinski definition) is 5. The summed E-state index contributed by atoms with van der Waals surface area (Å²) in [7, 11) is 1.57. The fourth-order valence-corrected chi connectivity index (χ4v) is 1.61. The van der Waals surface area contributed by atoms with Gasteiger partial charge in [-0.25, -0.2) is 9.97 Å². The van der Waals surface area contributed by atoms with Gasteiger partial charge < -0.3 is 9.47 Å². The first kappa shape index (κ1) is 11.7. The van der Waals surface area contributed by atoms with Crippen LogP contribution in [0, 0.1) is 5.92 Å². The lowest BCUT2D eigenvalue weighted by Crippen LogP contribution is -2.18. The van der Waals surface area contributed by atoms with Crippen LogP contribution >= 0.6 is 0 Å². The molecule has 0 saturated carbocycles. The molecule has 17 heavy (non-hydrogen) atoms. The third-order valence-electron chi connectivity index (χ3n) is 2.51. The summed E-state index contributed by atoms with van der Waals surface area (Å²) in [4.78, 5) is 19.7. The lowest BCUT2D eigenvalue weighted by molar-refractivity contribution is -0.138. The van der Waals surface area contributed by atoms with Crippen molar-refractivity contribution in [3.8, 4) is 5.75 Å². The Balaban J connectivity index is 1.91. The van der Waals surface area contributed by atoms with E-state index in [1.54, 1.807) is 7.11 Å². The van der Waals surface area contributed by atoms with Crippen LogP contribution in [-0.4, -0.2) is 23.0 Å². The molecule has 0 spiro atoms. The average Bonchev–Trinajstić information content (AvgIpc) is 2.86. The van der Waals surface area contributed by atoms with E-state index in [0.717, 1.165) is 12.8 Å². The van der Waals surface area contributed by atoms with Gasteiger partial charge >= 0.3 is 5.97 Å². The average molecular weight is 234 g/mol. The Hall–Kier alpha value is -1.75. The first-order valence-corrected chi connectivity index (χ1v) is 5.46. The summed E-state index contributed by atoms with van der Waals surface area (Å²) in [5.74, 6) is 0.656. The fraction of sp³-hybridized carbons (Fsp3) is 0.417. The quantitative estimate of drug-likeness (QED) is 0.583. The van der Waals surface area contributed by atoms with Crippen molar-refractivity contribution in [1.29, 1.82) is 0 Å². The van der Waals surface area contributed by atoms with Crippen molar-refractivity contribution in [3.05, 3.63) is 30.4 Å². The second-order valence-corrected chi connectivity index (χ2v) is 3.83. The van der Waals surface area contributed by atoms with E-state index in [1.165, 1.54) is 12.4 Å². The summed E-state index contributed by atoms with van der Waals surface area (Å²) in [5.41, 5.74) is 0. The molecule has 0 radical (unpaired) electrons. The summed E-state index contributed by atoms with van der Waals surface area (Å²) < 4.78 is 10.1. The molecule has 1 aliphatic carbocycles. The zero-order valence-corrected chi connectivity index (χ0v) is 9.63. The molecular formula is C12H14N2O3. The van der Waals surface area contributed by atoms with E-state index in [9.17, 15) is 4.79 Å². The first-order valence-electron chi connectivity index (χ1n) is 5.46. The van der Waals surface area contributed by atoms with Crippen LogP contribution in [0.4, 0.5) is 0 Å². The lowest BCUT2D eigenvalue weighted by atomic mass is 10.1. The summed E-state index contributed by atoms with van der Waals surface area (Å²) in [6.07, 6.45) is 8.46. The molecule has 0 aromatic carbocycles. The number of aromatic nitrogens is 2. The summed E-state index contributed by atoms with van der Waals surface area (Å²) in [6.45, 7) is 0.348. The van der Waals surface area contributed by atoms with Crippen molar-refractivity contribution in [2.24, 2.45) is 5.92 Å². The highest BCUT2D eigenvalue weighted by Gasteiger charge is 2.21. The topological polar surface area (TPSA) is 61.3 Å². The van der Waals surface area contributed by atoms with Crippen molar-refractivity contribution in [1.82, 2.24) is 9.97 Å². The van der Waals surface area contributed by atoms with Crippen LogP contribution in [0.25, 0.3) is 0 Å². The third-order valence-corrected chi connectivity index (χ3v) is 2.51. The highest BCUT2D eigenvalue weighted by atomic mass is 16.5. The highest BCUT2D eigenvalue weighted by Crippen LogP contribution is 2.20. The Morgan fingerprint density at radius 1 is 1.35 bits per heavy atom. The van der Waals surface area contributed by atoms with Gasteiger partial charge in [0.05, 0.1) is 18.3 Å². The predicted octanol–water partition coefficient (Wildman–Crippen LogP) is 1.49. The molecule has 0 aliphatic heterocycles. The maximum atomic E-state index is 11.7. The number of ether oxygens (including phenoxy) is 2. The Morgan fingerprint density at radius 3 is 2.59 bits per heavy atom. The number of esters is 1. The number of carbonyl (C=O) groups excluding carboxylic acids is 1. The van der Waals surface area contributed by atoms with E-state index in [4.69, 9.17) is 9.47 Å². The molecule has 0 saturated heterocycles. The smallest absolute Gasteiger partial charge is 0.315 e. The number of methoxy groups -OCH3 is 1. The minimum absolute atomic E-state index is 0.0614. The third kappa shape index (κ3) is 3.10. The summed E-state index contributed by atoms with van der Waals surface area (Å²) in [6, 6.07) is 0. The SMILES string of the molecule is COCc1ncc(OC(=O)C2CC=CC2)cn1. The van der Waals surface area contributed by atoms with Crippen molar-refractivity contribution in [2.45, 2.75) is 19.4 Å². The molecule has 0 fully saturated rings. The van der Waals surface area contributed by atoms with E-state index in [1.807, 2.05) is 12.2 Å². The number of carbonyl (C=O) groups is 1. The molecule has 2 rings (SSSR count). The predicted molar refractivity (Wildman–Crippen MR) is 60.2 cm³/mol. The molecular weight excluding hydrogens is 220 g/mol. The Morgan fingerprint density at radius 2 is 2.00 bits per heavy atom. The van der Waals surface area contributed by atoms with Crippen LogP contribution in [0.1, 0.15) is 18.7 Å². The maximum Gasteiger partial charge on any atom is 0.315 e. The van der Waals surface area contributed by atoms with Crippen LogP contribution in [0.3, 0.4) is 0 Å². The number of nitrogens with zero attached hydrogens (tertiary/aromatic N) is 2. The molecule has 5 heteroatoms. The molecule has 0 amide bonds. The largest absolute Gasteiger partial charge is 0.423 e. The van der Waals surface area contributed by atoms with Gasteiger partial charge in [0.25, 0.3) is 0 Å². The highest BCUT2D eigenvalue weighted by molar-refractivity contribution is 5.75. The van der Waals surface area contributed by atoms with Crippen LogP contribution in [0.15, 0.2) is 24.5 Å². The van der Waals surface area contributed by atoms with E-state index in [-0.39, 0.29) is 11.9 Å². The first-order chi connectivity index (χ1) is 8.29. The van der Waals surface area contributed by atoms with Gasteiger partial charge in [-0.2, -0.15) is 0 Å². The molecule has 0 atom stereocenters. The van der Waals surface area contributed by atoms with E-state index in [2.05, 4.69) is 9.97 Å². The molecule has 90 valence electrons. The monoisotopic (exact) mass is 234 g/mol. The Labute approximate surface area is 99.5 Å². The normalized spacial score (nSPS) is 15.1. The van der Waals surface area contributed by atoms with Gasteiger partial charge in [-0.1, -0.05) is 12.2 Å². The standard InChI is InChI=1S/C12H14N2O3/c1-16-8-11-13-6-10(7-14-11)17-12(15)9-4-2-3-5-9/h2-3,6-7,9H,4-5,8H2,1H3. The Kier molecular flexibility index (Phi) is 3.82. The minimum Gasteiger partial charge on any atom is -0.423 e. The molecule has 0 N–H and O–H groups in total. The van der Waals surface area contributed by atoms with Crippen LogP contribution < -0.4 is 4.74 Å². The Bertz CT molecular complexity index is 406. The van der Waals surface area contributed by atoms with Gasteiger partial charge in [0.1, 0.15) is 6.61 Å². The zero-order chi connectivity index (χ0) is 12.1. The second-order valence-electron chi connectivity index (χ2n) is 3.83. The number of allylic oxidation sites excluding steroid dienone is 2. The lowest BCUT2D eigenvalue weighted by Gasteiger charge is -2.08. The zero-order valence-electron chi connectivity index (χ0n) is 9.63. The summed E-state index contributed by atoms with van der Waals surface area (Å²) in [5, 5.41) is 0. The molecule has 1 aliphatic rings. The fourth-order valence-electron chi connectivity index (χ4n) is 1.61. The van der Waals surface area contributed by atoms with Crippen molar-refractivity contribution in [2.75, 3.05) is 7.11 Å². The minimum atomic E-state index is -0.224. The maximum absolute atomic E-state index is 11.7. The van der Waals surface area contributed by atoms with Crippen molar-refractivity contribution >= 4 is 5.97 Å². The molecule has 1 heterocycles. The van der Waals surface area contributed by atoms with Gasteiger partial charge in [0, 0.05) is 7.11 Å². The van der Waals surface area contributed by atoms with E-state index >= 15 is 0 Å². The van der Waals surface area contributed by atoms with E-state index in [0.29, 0.717) is 18.2 Å². The van der Waals surface area contributed by atoms with Crippen LogP contribution in [0.5, 0.6) is 5.75 Å². The van der Waals surface area contributed by atoms with Crippen molar-refractivity contribution in [3.63, 3.8) is 0 Å². The van der Waals surface area contributed by atoms with E-state index < -0.39 is 0 Å². The molecule has 0 unspecified atom stereocenters. The van der Waals surface area contributed by atoms with Gasteiger partial charge in [0.2, 0.25) is 0 Å². The molecule has 5 nitrogen and oxygen atoms in total. The van der Waals surface area contributed by atoms with Crippen molar-refractivity contribution < 1.29 is 14.3 Å². The molecule has 0 bridgehead atoms. The van der Waals surface area contributed by atoms with Gasteiger partial charge in [-0.05, 0) is 12.8 Å². The van der Waals surface area contributed by atoms with Gasteiger partial charge in [-0.15, -0.1) is 0 Å². The van der Waals surface area contributed by atoms with Crippen LogP contribution in [-0.2, 0) is 16.1 Å².